The first kappa shape index (κ1) is 16.3. The maximum absolute atomic E-state index is 12.2. The third-order valence-corrected chi connectivity index (χ3v) is 5.65. The molecule has 1 heterocycles. The molecule has 0 unspecified atom stereocenters. The average molecular weight is 316 g/mol. The summed E-state index contributed by atoms with van der Waals surface area (Å²) in [6, 6.07) is 0. The first-order valence-electron chi connectivity index (χ1n) is 7.04. The van der Waals surface area contributed by atoms with Gasteiger partial charge < -0.3 is 10.8 Å². The summed E-state index contributed by atoms with van der Waals surface area (Å²) < 4.78 is 28.3. The molecule has 0 amide bonds. The molecule has 0 aliphatic heterocycles. The number of nitrogens with two attached hydrogens (primary N) is 1. The van der Waals surface area contributed by atoms with Crippen molar-refractivity contribution >= 4 is 15.8 Å². The van der Waals surface area contributed by atoms with Gasteiger partial charge in [-0.15, -0.1) is 0 Å². The van der Waals surface area contributed by atoms with Crippen LogP contribution in [-0.2, 0) is 17.1 Å². The van der Waals surface area contributed by atoms with E-state index < -0.39 is 15.6 Å². The van der Waals surface area contributed by atoms with Crippen LogP contribution in [0.4, 0.5) is 5.82 Å². The molecule has 0 bridgehead atoms. The zero-order chi connectivity index (χ0) is 15.9. The molecule has 8 heteroatoms. The summed E-state index contributed by atoms with van der Waals surface area (Å²) >= 11 is 0. The molecule has 0 spiro atoms. The van der Waals surface area contributed by atoms with E-state index in [0.717, 1.165) is 12.8 Å². The molecule has 1 fully saturated rings. The SMILES string of the molecule is Cn1cc(S(=O)(=O)NCC2(O)CCC(C)(C)CC2)c(N)n1. The second-order valence-corrected chi connectivity index (χ2v) is 8.50. The van der Waals surface area contributed by atoms with Crippen LogP contribution in [0.25, 0.3) is 0 Å². The van der Waals surface area contributed by atoms with Crippen LogP contribution in [0.1, 0.15) is 39.5 Å². The number of anilines is 1. The van der Waals surface area contributed by atoms with Crippen molar-refractivity contribution in [2.45, 2.75) is 50.0 Å². The van der Waals surface area contributed by atoms with Gasteiger partial charge >= 0.3 is 0 Å². The maximum atomic E-state index is 12.2. The summed E-state index contributed by atoms with van der Waals surface area (Å²) in [5.74, 6) is -0.0400. The third kappa shape index (κ3) is 3.75. The van der Waals surface area contributed by atoms with E-state index in [2.05, 4.69) is 23.7 Å². The van der Waals surface area contributed by atoms with Gasteiger partial charge in [0.1, 0.15) is 4.90 Å². The number of nitrogens with one attached hydrogen (secondary N) is 1. The van der Waals surface area contributed by atoms with E-state index in [4.69, 9.17) is 5.73 Å². The predicted octanol–water partition coefficient (Wildman–Crippen LogP) is 0.612. The van der Waals surface area contributed by atoms with Crippen LogP contribution in [0.5, 0.6) is 0 Å². The number of aryl methyl sites for hydroxylation is 1. The highest BCUT2D eigenvalue weighted by Gasteiger charge is 2.37. The van der Waals surface area contributed by atoms with E-state index >= 15 is 0 Å². The van der Waals surface area contributed by atoms with Crippen molar-refractivity contribution in [3.8, 4) is 0 Å². The molecular formula is C13H24N4O3S. The van der Waals surface area contributed by atoms with Gasteiger partial charge in [0, 0.05) is 19.8 Å². The Morgan fingerprint density at radius 3 is 2.43 bits per heavy atom. The molecule has 4 N–H and O–H groups in total. The van der Waals surface area contributed by atoms with Crippen LogP contribution in [0, 0.1) is 5.41 Å². The Bertz CT molecular complexity index is 611. The third-order valence-electron chi connectivity index (χ3n) is 4.24. The highest BCUT2D eigenvalue weighted by Crippen LogP contribution is 2.39. The molecular weight excluding hydrogens is 292 g/mol. The molecule has 21 heavy (non-hydrogen) atoms. The fraction of sp³-hybridized carbons (Fsp3) is 0.769. The van der Waals surface area contributed by atoms with Crippen LogP contribution in [-0.4, -0.2) is 35.5 Å². The topological polar surface area (TPSA) is 110 Å². The monoisotopic (exact) mass is 316 g/mol. The number of rotatable bonds is 4. The average Bonchev–Trinajstić information content (AvgIpc) is 2.72. The van der Waals surface area contributed by atoms with Crippen LogP contribution >= 0.6 is 0 Å². The molecule has 1 aliphatic rings. The molecule has 2 rings (SSSR count). The minimum absolute atomic E-state index is 0.000250. The van der Waals surface area contributed by atoms with E-state index in [0.29, 0.717) is 12.8 Å². The predicted molar refractivity (Wildman–Crippen MR) is 80.0 cm³/mol. The van der Waals surface area contributed by atoms with E-state index in [1.807, 2.05) is 0 Å². The number of sulfonamides is 1. The van der Waals surface area contributed by atoms with Crippen molar-refractivity contribution in [2.75, 3.05) is 12.3 Å². The summed E-state index contributed by atoms with van der Waals surface area (Å²) in [6.07, 6.45) is 4.28. The summed E-state index contributed by atoms with van der Waals surface area (Å²) in [5, 5.41) is 14.3. The number of nitrogen functional groups attached to an aromatic ring is 1. The first-order chi connectivity index (χ1) is 9.53. The second kappa shape index (κ2) is 5.26. The van der Waals surface area contributed by atoms with Gasteiger partial charge in [0.05, 0.1) is 5.60 Å². The smallest absolute Gasteiger partial charge is 0.245 e. The van der Waals surface area contributed by atoms with Gasteiger partial charge in [-0.1, -0.05) is 13.8 Å². The van der Waals surface area contributed by atoms with Gasteiger partial charge in [-0.2, -0.15) is 5.10 Å². The molecule has 7 nitrogen and oxygen atoms in total. The lowest BCUT2D eigenvalue weighted by molar-refractivity contribution is -0.0205. The second-order valence-electron chi connectivity index (χ2n) is 6.77. The molecule has 120 valence electrons. The van der Waals surface area contributed by atoms with Gasteiger partial charge in [0.25, 0.3) is 0 Å². The van der Waals surface area contributed by atoms with Crippen molar-refractivity contribution in [3.05, 3.63) is 6.20 Å². The fourth-order valence-corrected chi connectivity index (χ4v) is 3.79. The van der Waals surface area contributed by atoms with Gasteiger partial charge in [-0.05, 0) is 31.1 Å². The maximum Gasteiger partial charge on any atom is 0.245 e. The summed E-state index contributed by atoms with van der Waals surface area (Å²) in [4.78, 5) is -0.0512. The first-order valence-corrected chi connectivity index (χ1v) is 8.53. The van der Waals surface area contributed by atoms with E-state index in [1.165, 1.54) is 10.9 Å². The Balaban J connectivity index is 2.04. The summed E-state index contributed by atoms with van der Waals surface area (Å²) in [7, 11) is -2.15. The Labute approximate surface area is 125 Å². The molecule has 0 radical (unpaired) electrons. The van der Waals surface area contributed by atoms with Crippen molar-refractivity contribution in [2.24, 2.45) is 12.5 Å². The lowest BCUT2D eigenvalue weighted by Crippen LogP contribution is -2.46. The lowest BCUT2D eigenvalue weighted by Gasteiger charge is -2.40. The zero-order valence-electron chi connectivity index (χ0n) is 12.8. The molecule has 0 aromatic carbocycles. The Morgan fingerprint density at radius 1 is 1.38 bits per heavy atom. The fourth-order valence-electron chi connectivity index (χ4n) is 2.57. The van der Waals surface area contributed by atoms with E-state index in [-0.39, 0.29) is 22.7 Å². The van der Waals surface area contributed by atoms with Crippen molar-refractivity contribution in [3.63, 3.8) is 0 Å². The minimum Gasteiger partial charge on any atom is -0.389 e. The van der Waals surface area contributed by atoms with Crippen LogP contribution in [0.2, 0.25) is 0 Å². The molecule has 1 aromatic rings. The van der Waals surface area contributed by atoms with Crippen LogP contribution in [0.15, 0.2) is 11.1 Å². The minimum atomic E-state index is -3.75. The number of hydrogen-bond acceptors (Lipinski definition) is 5. The van der Waals surface area contributed by atoms with Crippen molar-refractivity contribution < 1.29 is 13.5 Å². The van der Waals surface area contributed by atoms with Gasteiger partial charge in [0.15, 0.2) is 5.82 Å². The van der Waals surface area contributed by atoms with Crippen LogP contribution in [0.3, 0.4) is 0 Å². The normalized spacial score (nSPS) is 21.3. The Hall–Kier alpha value is -1.12. The van der Waals surface area contributed by atoms with Gasteiger partial charge in [-0.3, -0.25) is 4.68 Å². The lowest BCUT2D eigenvalue weighted by atomic mass is 9.71. The molecule has 1 saturated carbocycles. The van der Waals surface area contributed by atoms with Gasteiger partial charge in [-0.25, -0.2) is 13.1 Å². The quantitative estimate of drug-likeness (QED) is 0.754. The highest BCUT2D eigenvalue weighted by atomic mass is 32.2. The summed E-state index contributed by atoms with van der Waals surface area (Å²) in [6.45, 7) is 4.32. The highest BCUT2D eigenvalue weighted by molar-refractivity contribution is 7.89. The zero-order valence-corrected chi connectivity index (χ0v) is 13.6. The molecule has 0 atom stereocenters. The number of aromatic nitrogens is 2. The molecule has 0 saturated heterocycles. The summed E-state index contributed by atoms with van der Waals surface area (Å²) in [5.41, 5.74) is 4.81. The molecule has 1 aliphatic carbocycles. The van der Waals surface area contributed by atoms with Crippen molar-refractivity contribution in [1.29, 1.82) is 0 Å². The van der Waals surface area contributed by atoms with E-state index in [9.17, 15) is 13.5 Å². The number of hydrogen-bond donors (Lipinski definition) is 3. The van der Waals surface area contributed by atoms with Gasteiger partial charge in [0.2, 0.25) is 10.0 Å². The number of aliphatic hydroxyl groups is 1. The number of nitrogens with zero attached hydrogens (tertiary/aromatic N) is 2. The van der Waals surface area contributed by atoms with E-state index in [1.54, 1.807) is 7.05 Å². The molecule has 1 aromatic heterocycles. The largest absolute Gasteiger partial charge is 0.389 e. The van der Waals surface area contributed by atoms with Crippen LogP contribution < -0.4 is 10.5 Å². The standard InChI is InChI=1S/C13H24N4O3S/c1-12(2)4-6-13(18,7-5-12)9-15-21(19,20)10-8-17(3)16-11(10)14/h8,15,18H,4-7,9H2,1-3H3,(H2,14,16). The Morgan fingerprint density at radius 2 is 1.95 bits per heavy atom. The Kier molecular flexibility index (Phi) is 4.07. The van der Waals surface area contributed by atoms with Crippen molar-refractivity contribution in [1.82, 2.24) is 14.5 Å².